The van der Waals surface area contributed by atoms with Gasteiger partial charge in [0.2, 0.25) is 0 Å². The molecule has 12 heavy (non-hydrogen) atoms. The monoisotopic (exact) mass is 168 g/mol. The molecule has 1 heterocycles. The molecule has 66 valence electrons. The molecule has 0 aromatic carbocycles. The smallest absolute Gasteiger partial charge is 0.120 e. The third kappa shape index (κ3) is 1.06. The van der Waals surface area contributed by atoms with Gasteiger partial charge >= 0.3 is 0 Å². The van der Waals surface area contributed by atoms with E-state index in [1.54, 1.807) is 7.11 Å². The Labute approximate surface area is 71.3 Å². The van der Waals surface area contributed by atoms with Crippen molar-refractivity contribution in [1.82, 2.24) is 0 Å². The molecule has 1 N–H and O–H groups in total. The van der Waals surface area contributed by atoms with Gasteiger partial charge in [-0.1, -0.05) is 0 Å². The summed E-state index contributed by atoms with van der Waals surface area (Å²) in [6, 6.07) is 0. The molecule has 2 rings (SSSR count). The average Bonchev–Trinajstić information content (AvgIpc) is 2.77. The lowest BCUT2D eigenvalue weighted by Crippen LogP contribution is -2.15. The maximum atomic E-state index is 8.77. The molecule has 0 aromatic heterocycles. The minimum atomic E-state index is -0.212. The third-order valence-electron chi connectivity index (χ3n) is 2.35. The van der Waals surface area contributed by atoms with Crippen molar-refractivity contribution in [2.75, 3.05) is 13.7 Å². The zero-order chi connectivity index (χ0) is 8.60. The van der Waals surface area contributed by atoms with Gasteiger partial charge < -0.3 is 14.6 Å². The number of fused-ring (bicyclic) bond motifs is 1. The van der Waals surface area contributed by atoms with Crippen molar-refractivity contribution in [2.45, 2.75) is 18.1 Å². The molecule has 2 unspecified atom stereocenters. The lowest BCUT2D eigenvalue weighted by Gasteiger charge is -2.09. The van der Waals surface area contributed by atoms with Crippen molar-refractivity contribution in [2.24, 2.45) is 0 Å². The second kappa shape index (κ2) is 2.61. The van der Waals surface area contributed by atoms with Gasteiger partial charge in [0.1, 0.15) is 17.5 Å². The summed E-state index contributed by atoms with van der Waals surface area (Å²) in [4.78, 5) is 0. The van der Waals surface area contributed by atoms with Crippen LogP contribution in [0.4, 0.5) is 0 Å². The first kappa shape index (κ1) is 7.83. The second-order valence-electron chi connectivity index (χ2n) is 3.07. The van der Waals surface area contributed by atoms with Crippen LogP contribution in [-0.4, -0.2) is 30.5 Å². The van der Waals surface area contributed by atoms with E-state index in [-0.39, 0.29) is 18.3 Å². The van der Waals surface area contributed by atoms with Gasteiger partial charge in [-0.3, -0.25) is 0 Å². The minimum Gasteiger partial charge on any atom is -0.497 e. The summed E-state index contributed by atoms with van der Waals surface area (Å²) < 4.78 is 10.5. The Balaban J connectivity index is 2.06. The minimum absolute atomic E-state index is 0.115. The number of aliphatic hydroxyl groups is 1. The van der Waals surface area contributed by atoms with Crippen molar-refractivity contribution in [1.29, 1.82) is 0 Å². The molecule has 1 fully saturated rings. The van der Waals surface area contributed by atoms with E-state index < -0.39 is 0 Å². The predicted octanol–water partition coefficient (Wildman–Crippen LogP) is 0.607. The molecule has 2 atom stereocenters. The molecule has 1 aliphatic carbocycles. The van der Waals surface area contributed by atoms with Crippen molar-refractivity contribution in [3.63, 3.8) is 0 Å². The summed E-state index contributed by atoms with van der Waals surface area (Å²) in [6.45, 7) is 0.164. The fourth-order valence-corrected chi connectivity index (χ4v) is 1.53. The Morgan fingerprint density at radius 2 is 2.58 bits per heavy atom. The summed E-state index contributed by atoms with van der Waals surface area (Å²) in [5, 5.41) is 8.77. The molecular formula is C9H12O3. The molecule has 3 nitrogen and oxygen atoms in total. The van der Waals surface area contributed by atoms with Crippen molar-refractivity contribution in [3.8, 4) is 0 Å². The number of ether oxygens (including phenoxy) is 2. The van der Waals surface area contributed by atoms with Gasteiger partial charge in [-0.25, -0.2) is 0 Å². The van der Waals surface area contributed by atoms with E-state index >= 15 is 0 Å². The molecule has 0 bridgehead atoms. The van der Waals surface area contributed by atoms with Crippen LogP contribution in [0, 0.1) is 0 Å². The normalized spacial score (nSPS) is 37.2. The van der Waals surface area contributed by atoms with Crippen LogP contribution in [0.3, 0.4) is 0 Å². The van der Waals surface area contributed by atoms with Gasteiger partial charge in [0.05, 0.1) is 7.11 Å². The number of epoxide rings is 1. The molecule has 2 aliphatic rings. The lowest BCUT2D eigenvalue weighted by molar-refractivity contribution is 0.237. The SMILES string of the molecule is COC1=CC2OC2(CCO)C=C1. The van der Waals surface area contributed by atoms with Crippen molar-refractivity contribution in [3.05, 3.63) is 24.0 Å². The number of aliphatic hydroxyl groups excluding tert-OH is 1. The highest BCUT2D eigenvalue weighted by Gasteiger charge is 2.54. The molecule has 0 aromatic rings. The van der Waals surface area contributed by atoms with Crippen LogP contribution in [0.1, 0.15) is 6.42 Å². The van der Waals surface area contributed by atoms with Crippen LogP contribution in [0.5, 0.6) is 0 Å². The highest BCUT2D eigenvalue weighted by atomic mass is 16.6. The predicted molar refractivity (Wildman–Crippen MR) is 43.5 cm³/mol. The average molecular weight is 168 g/mol. The number of allylic oxidation sites excluding steroid dienone is 1. The van der Waals surface area contributed by atoms with E-state index in [1.807, 2.05) is 18.2 Å². The van der Waals surface area contributed by atoms with E-state index in [1.165, 1.54) is 0 Å². The first-order chi connectivity index (χ1) is 5.80. The molecule has 1 aliphatic heterocycles. The van der Waals surface area contributed by atoms with Crippen molar-refractivity contribution >= 4 is 0 Å². The number of hydrogen-bond acceptors (Lipinski definition) is 3. The Kier molecular flexibility index (Phi) is 1.70. The highest BCUT2D eigenvalue weighted by Crippen LogP contribution is 2.45. The molecule has 0 amide bonds. The van der Waals surface area contributed by atoms with Gasteiger partial charge in [0, 0.05) is 13.0 Å². The number of rotatable bonds is 3. The van der Waals surface area contributed by atoms with Gasteiger partial charge in [-0.2, -0.15) is 0 Å². The largest absolute Gasteiger partial charge is 0.497 e. The zero-order valence-electron chi connectivity index (χ0n) is 6.99. The van der Waals surface area contributed by atoms with Gasteiger partial charge in [0.15, 0.2) is 0 Å². The fraction of sp³-hybridized carbons (Fsp3) is 0.556. The van der Waals surface area contributed by atoms with E-state index in [9.17, 15) is 0 Å². The van der Waals surface area contributed by atoms with Crippen LogP contribution in [0.15, 0.2) is 24.0 Å². The summed E-state index contributed by atoms with van der Waals surface area (Å²) in [5.41, 5.74) is -0.212. The summed E-state index contributed by atoms with van der Waals surface area (Å²) in [5.74, 6) is 0.839. The molecule has 0 spiro atoms. The second-order valence-corrected chi connectivity index (χ2v) is 3.07. The van der Waals surface area contributed by atoms with Crippen molar-refractivity contribution < 1.29 is 14.6 Å². The van der Waals surface area contributed by atoms with Gasteiger partial charge in [0.25, 0.3) is 0 Å². The quantitative estimate of drug-likeness (QED) is 0.628. The Morgan fingerprint density at radius 1 is 1.75 bits per heavy atom. The van der Waals surface area contributed by atoms with E-state index in [0.717, 1.165) is 5.76 Å². The summed E-state index contributed by atoms with van der Waals surface area (Å²) >= 11 is 0. The van der Waals surface area contributed by atoms with E-state index in [4.69, 9.17) is 14.6 Å². The first-order valence-corrected chi connectivity index (χ1v) is 4.04. The Bertz CT molecular complexity index is 244. The van der Waals surface area contributed by atoms with Gasteiger partial charge in [-0.15, -0.1) is 0 Å². The Morgan fingerprint density at radius 3 is 3.17 bits per heavy atom. The van der Waals surface area contributed by atoms with Crippen LogP contribution < -0.4 is 0 Å². The molecule has 0 saturated carbocycles. The fourth-order valence-electron chi connectivity index (χ4n) is 1.53. The van der Waals surface area contributed by atoms with Crippen LogP contribution in [-0.2, 0) is 9.47 Å². The molecule has 0 radical (unpaired) electrons. The first-order valence-electron chi connectivity index (χ1n) is 4.04. The van der Waals surface area contributed by atoms with E-state index in [0.29, 0.717) is 6.42 Å². The van der Waals surface area contributed by atoms with Crippen LogP contribution in [0.25, 0.3) is 0 Å². The van der Waals surface area contributed by atoms with Crippen LogP contribution >= 0.6 is 0 Å². The maximum absolute atomic E-state index is 8.77. The number of hydrogen-bond donors (Lipinski definition) is 1. The molecule has 1 saturated heterocycles. The van der Waals surface area contributed by atoms with Crippen LogP contribution in [0.2, 0.25) is 0 Å². The highest BCUT2D eigenvalue weighted by molar-refractivity contribution is 5.34. The Hall–Kier alpha value is -0.800. The zero-order valence-corrected chi connectivity index (χ0v) is 6.99. The van der Waals surface area contributed by atoms with E-state index in [2.05, 4.69) is 0 Å². The summed E-state index contributed by atoms with van der Waals surface area (Å²) in [7, 11) is 1.64. The maximum Gasteiger partial charge on any atom is 0.120 e. The topological polar surface area (TPSA) is 42.0 Å². The summed E-state index contributed by atoms with van der Waals surface area (Å²) in [6.07, 6.45) is 6.58. The molecule has 3 heteroatoms. The standard InChI is InChI=1S/C9H12O3/c1-11-7-2-3-9(4-5-10)8(6-7)12-9/h2-3,6,8,10H,4-5H2,1H3. The van der Waals surface area contributed by atoms with Gasteiger partial charge in [-0.05, 0) is 18.2 Å². The number of methoxy groups -OCH3 is 1. The lowest BCUT2D eigenvalue weighted by atomic mass is 9.97. The third-order valence-corrected chi connectivity index (χ3v) is 2.35. The molecular weight excluding hydrogens is 156 g/mol.